The minimum Gasteiger partial charge on any atom is -0.488 e. The molecule has 0 amide bonds. The number of hydrogen-bond donors (Lipinski definition) is 0. The number of aromatic nitrogens is 2. The van der Waals surface area contributed by atoms with Crippen LogP contribution in [0.5, 0.6) is 5.75 Å². The van der Waals surface area contributed by atoms with Gasteiger partial charge in [-0.05, 0) is 48.5 Å². The summed E-state index contributed by atoms with van der Waals surface area (Å²) in [5, 5.41) is 5.21. The van der Waals surface area contributed by atoms with Gasteiger partial charge in [0.25, 0.3) is 5.56 Å². The van der Waals surface area contributed by atoms with E-state index < -0.39 is 17.3 Å². The fourth-order valence-electron chi connectivity index (χ4n) is 3.89. The van der Waals surface area contributed by atoms with Gasteiger partial charge in [-0.1, -0.05) is 70.0 Å². The van der Waals surface area contributed by atoms with Gasteiger partial charge in [0.15, 0.2) is 5.82 Å². The number of hydrogen-bond acceptors (Lipinski definition) is 4. The molecule has 5 rings (SSSR count). The van der Waals surface area contributed by atoms with Crippen molar-refractivity contribution in [1.82, 2.24) is 9.66 Å². The molecular formula is C29H18BrClF3N3O2. The molecule has 10 heteroatoms. The molecule has 0 fully saturated rings. The Morgan fingerprint density at radius 2 is 1.74 bits per heavy atom. The van der Waals surface area contributed by atoms with Crippen LogP contribution in [0.1, 0.15) is 16.7 Å². The maximum Gasteiger partial charge on any atom is 0.416 e. The zero-order valence-electron chi connectivity index (χ0n) is 20.0. The van der Waals surface area contributed by atoms with Crippen LogP contribution in [0.3, 0.4) is 0 Å². The zero-order chi connectivity index (χ0) is 27.6. The molecule has 0 aliphatic carbocycles. The smallest absolute Gasteiger partial charge is 0.416 e. The molecule has 0 N–H and O–H groups in total. The first-order valence-electron chi connectivity index (χ1n) is 11.6. The van der Waals surface area contributed by atoms with Crippen LogP contribution >= 0.6 is 27.5 Å². The van der Waals surface area contributed by atoms with Crippen molar-refractivity contribution in [2.75, 3.05) is 0 Å². The lowest BCUT2D eigenvalue weighted by Crippen LogP contribution is -2.20. The quantitative estimate of drug-likeness (QED) is 0.183. The number of alkyl halides is 3. The molecule has 5 nitrogen and oxygen atoms in total. The lowest BCUT2D eigenvalue weighted by atomic mass is 10.1. The molecule has 0 spiro atoms. The minimum atomic E-state index is -4.56. The van der Waals surface area contributed by atoms with Crippen LogP contribution in [-0.4, -0.2) is 15.9 Å². The maximum atomic E-state index is 13.5. The molecule has 39 heavy (non-hydrogen) atoms. The Morgan fingerprint density at radius 1 is 0.974 bits per heavy atom. The van der Waals surface area contributed by atoms with Gasteiger partial charge in [-0.25, -0.2) is 4.98 Å². The molecule has 5 aromatic rings. The monoisotopic (exact) mass is 611 g/mol. The predicted molar refractivity (Wildman–Crippen MR) is 149 cm³/mol. The summed E-state index contributed by atoms with van der Waals surface area (Å²) >= 11 is 9.68. The lowest BCUT2D eigenvalue weighted by Gasteiger charge is -2.13. The van der Waals surface area contributed by atoms with Gasteiger partial charge in [0.05, 0.1) is 22.7 Å². The SMILES string of the molecule is O=c1c2ccccc2nc(-c2cccc(C(F)(F)F)c2)n1N=Cc1cc(Br)ccc1OCc1ccccc1Cl. The second-order valence-corrected chi connectivity index (χ2v) is 9.78. The van der Waals surface area contributed by atoms with Crippen molar-refractivity contribution in [3.63, 3.8) is 0 Å². The predicted octanol–water partition coefficient (Wildman–Crippen LogP) is 7.96. The fraction of sp³-hybridized carbons (Fsp3) is 0.0690. The number of nitrogens with zero attached hydrogens (tertiary/aromatic N) is 3. The van der Waals surface area contributed by atoms with E-state index in [2.05, 4.69) is 26.0 Å². The zero-order valence-corrected chi connectivity index (χ0v) is 22.3. The molecule has 4 aromatic carbocycles. The van der Waals surface area contributed by atoms with Gasteiger partial charge < -0.3 is 4.74 Å². The van der Waals surface area contributed by atoms with E-state index in [1.54, 1.807) is 48.5 Å². The molecule has 0 unspecified atom stereocenters. The summed E-state index contributed by atoms with van der Waals surface area (Å²) in [6.45, 7) is 0.190. The molecule has 0 radical (unpaired) electrons. The van der Waals surface area contributed by atoms with E-state index in [1.807, 2.05) is 18.2 Å². The molecular weight excluding hydrogens is 595 g/mol. The second kappa shape index (κ2) is 11.0. The number of ether oxygens (including phenoxy) is 1. The van der Waals surface area contributed by atoms with Gasteiger partial charge in [0, 0.05) is 26.2 Å². The minimum absolute atomic E-state index is 0.0328. The Balaban J connectivity index is 1.60. The number of halogens is 5. The fourth-order valence-corrected chi connectivity index (χ4v) is 4.46. The van der Waals surface area contributed by atoms with Gasteiger partial charge in [0.1, 0.15) is 12.4 Å². The van der Waals surface area contributed by atoms with E-state index in [-0.39, 0.29) is 23.4 Å². The van der Waals surface area contributed by atoms with Crippen molar-refractivity contribution in [3.05, 3.63) is 128 Å². The van der Waals surface area contributed by atoms with Crippen molar-refractivity contribution < 1.29 is 17.9 Å². The average Bonchev–Trinajstić information content (AvgIpc) is 2.92. The first-order chi connectivity index (χ1) is 18.7. The number of benzene rings is 4. The van der Waals surface area contributed by atoms with Crippen molar-refractivity contribution >= 4 is 44.6 Å². The summed E-state index contributed by atoms with van der Waals surface area (Å²) in [6, 6.07) is 23.8. The van der Waals surface area contributed by atoms with Gasteiger partial charge in [0.2, 0.25) is 0 Å². The largest absolute Gasteiger partial charge is 0.488 e. The van der Waals surface area contributed by atoms with Crippen LogP contribution in [0.25, 0.3) is 22.3 Å². The van der Waals surface area contributed by atoms with E-state index in [4.69, 9.17) is 16.3 Å². The molecule has 0 atom stereocenters. The van der Waals surface area contributed by atoms with E-state index in [0.29, 0.717) is 21.9 Å². The van der Waals surface area contributed by atoms with Crippen molar-refractivity contribution in [1.29, 1.82) is 0 Å². The molecule has 196 valence electrons. The van der Waals surface area contributed by atoms with Gasteiger partial charge in [-0.15, -0.1) is 0 Å². The Hall–Kier alpha value is -3.95. The van der Waals surface area contributed by atoms with Gasteiger partial charge >= 0.3 is 6.18 Å². The molecule has 0 saturated carbocycles. The number of para-hydroxylation sites is 1. The summed E-state index contributed by atoms with van der Waals surface area (Å²) in [5.41, 5.74) is 0.345. The van der Waals surface area contributed by atoms with Gasteiger partial charge in [-0.3, -0.25) is 4.79 Å². The number of fused-ring (bicyclic) bond motifs is 1. The van der Waals surface area contributed by atoms with Crippen LogP contribution < -0.4 is 10.3 Å². The summed E-state index contributed by atoms with van der Waals surface area (Å²) in [4.78, 5) is 18.0. The molecule has 1 heterocycles. The van der Waals surface area contributed by atoms with Crippen LogP contribution in [0.2, 0.25) is 5.02 Å². The van der Waals surface area contributed by atoms with E-state index >= 15 is 0 Å². The van der Waals surface area contributed by atoms with Crippen molar-refractivity contribution in [2.24, 2.45) is 5.10 Å². The van der Waals surface area contributed by atoms with Crippen molar-refractivity contribution in [3.8, 4) is 17.1 Å². The molecule has 0 aliphatic heterocycles. The third-order valence-electron chi connectivity index (χ3n) is 5.83. The Bertz CT molecular complexity index is 1770. The highest BCUT2D eigenvalue weighted by Crippen LogP contribution is 2.32. The van der Waals surface area contributed by atoms with Gasteiger partial charge in [-0.2, -0.15) is 22.9 Å². The Labute approximate surface area is 234 Å². The highest BCUT2D eigenvalue weighted by atomic mass is 79.9. The molecule has 0 saturated heterocycles. The van der Waals surface area contributed by atoms with Crippen molar-refractivity contribution in [2.45, 2.75) is 12.8 Å². The summed E-state index contributed by atoms with van der Waals surface area (Å²) in [5.74, 6) is 0.430. The number of rotatable bonds is 6. The van der Waals surface area contributed by atoms with E-state index in [9.17, 15) is 18.0 Å². The molecule has 1 aromatic heterocycles. The van der Waals surface area contributed by atoms with Crippen LogP contribution in [0.15, 0.2) is 105 Å². The van der Waals surface area contributed by atoms with Crippen LogP contribution in [0.4, 0.5) is 13.2 Å². The highest BCUT2D eigenvalue weighted by Gasteiger charge is 2.31. The van der Waals surface area contributed by atoms with Crippen LogP contribution in [-0.2, 0) is 12.8 Å². The van der Waals surface area contributed by atoms with E-state index in [1.165, 1.54) is 18.3 Å². The highest BCUT2D eigenvalue weighted by molar-refractivity contribution is 9.10. The first kappa shape index (κ1) is 26.6. The Morgan fingerprint density at radius 3 is 2.54 bits per heavy atom. The standard InChI is InChI=1S/C29H18BrClF3N3O2/c30-22-12-13-26(39-17-19-6-1-3-10-24(19)31)20(15-22)16-35-37-27(18-7-5-8-21(14-18)29(32,33)34)36-25-11-4-2-9-23(25)28(37)38/h1-16H,17H2. The maximum absolute atomic E-state index is 13.5. The second-order valence-electron chi connectivity index (χ2n) is 8.45. The van der Waals surface area contributed by atoms with E-state index in [0.717, 1.165) is 26.8 Å². The summed E-state index contributed by atoms with van der Waals surface area (Å²) in [7, 11) is 0. The first-order valence-corrected chi connectivity index (χ1v) is 12.8. The lowest BCUT2D eigenvalue weighted by molar-refractivity contribution is -0.137. The molecule has 0 aliphatic rings. The van der Waals surface area contributed by atoms with Crippen LogP contribution in [0, 0.1) is 0 Å². The summed E-state index contributed by atoms with van der Waals surface area (Å²) in [6.07, 6.45) is -3.16. The Kier molecular flexibility index (Phi) is 7.54. The third kappa shape index (κ3) is 5.89. The topological polar surface area (TPSA) is 56.5 Å². The normalized spacial score (nSPS) is 11.8. The average molecular weight is 613 g/mol. The third-order valence-corrected chi connectivity index (χ3v) is 6.69. The molecule has 0 bridgehead atoms. The summed E-state index contributed by atoms with van der Waals surface area (Å²) < 4.78 is 48.0.